The molecule has 0 unspecified atom stereocenters. The molecular formula is C13H20N2S. The summed E-state index contributed by atoms with van der Waals surface area (Å²) in [6, 6.07) is 6.66. The normalized spacial score (nSPS) is 13.9. The highest BCUT2D eigenvalue weighted by molar-refractivity contribution is 7.98. The molecule has 0 aromatic heterocycles. The Bertz CT molecular complexity index is 352. The maximum atomic E-state index is 3.50. The Morgan fingerprint density at radius 2 is 2.31 bits per heavy atom. The van der Waals surface area contributed by atoms with Crippen LogP contribution in [-0.2, 0) is 13.0 Å². The molecule has 0 radical (unpaired) electrons. The summed E-state index contributed by atoms with van der Waals surface area (Å²) in [5, 5.41) is 3.50. The number of benzene rings is 1. The maximum absolute atomic E-state index is 3.50. The monoisotopic (exact) mass is 236 g/mol. The van der Waals surface area contributed by atoms with Gasteiger partial charge >= 0.3 is 0 Å². The second-order valence-corrected chi connectivity index (χ2v) is 5.34. The van der Waals surface area contributed by atoms with Crippen LogP contribution in [0.2, 0.25) is 0 Å². The van der Waals surface area contributed by atoms with Crippen molar-refractivity contribution in [2.75, 3.05) is 37.5 Å². The van der Waals surface area contributed by atoms with E-state index in [1.54, 1.807) is 0 Å². The van der Waals surface area contributed by atoms with E-state index in [0.717, 1.165) is 19.6 Å². The molecule has 0 spiro atoms. The predicted octanol–water partition coefficient (Wildman–Crippen LogP) is 2.45. The molecule has 0 amide bonds. The van der Waals surface area contributed by atoms with Crippen molar-refractivity contribution in [3.8, 4) is 0 Å². The van der Waals surface area contributed by atoms with Gasteiger partial charge in [0.25, 0.3) is 0 Å². The lowest BCUT2D eigenvalue weighted by Crippen LogP contribution is -2.21. The van der Waals surface area contributed by atoms with E-state index in [1.165, 1.54) is 29.0 Å². The molecule has 1 aromatic rings. The Kier molecular flexibility index (Phi) is 4.13. The first-order valence-electron chi connectivity index (χ1n) is 5.83. The van der Waals surface area contributed by atoms with E-state index in [1.807, 2.05) is 11.8 Å². The fourth-order valence-electron chi connectivity index (χ4n) is 2.16. The zero-order valence-corrected chi connectivity index (χ0v) is 10.9. The Morgan fingerprint density at radius 3 is 3.12 bits per heavy atom. The fourth-order valence-corrected chi connectivity index (χ4v) is 2.65. The average Bonchev–Trinajstić information content (AvgIpc) is 2.75. The molecule has 1 aliphatic rings. The van der Waals surface area contributed by atoms with E-state index >= 15 is 0 Å². The summed E-state index contributed by atoms with van der Waals surface area (Å²) < 4.78 is 0. The molecule has 0 saturated heterocycles. The summed E-state index contributed by atoms with van der Waals surface area (Å²) in [6.45, 7) is 3.31. The minimum Gasteiger partial charge on any atom is -0.384 e. The summed E-state index contributed by atoms with van der Waals surface area (Å²) in [7, 11) is 2.20. The van der Waals surface area contributed by atoms with Gasteiger partial charge in [-0.2, -0.15) is 11.8 Å². The van der Waals surface area contributed by atoms with Crippen LogP contribution >= 0.6 is 11.8 Å². The first kappa shape index (κ1) is 11.8. The molecule has 0 bridgehead atoms. The highest BCUT2D eigenvalue weighted by Gasteiger charge is 2.14. The van der Waals surface area contributed by atoms with Gasteiger partial charge < -0.3 is 10.2 Å². The molecule has 16 heavy (non-hydrogen) atoms. The number of nitrogens with zero attached hydrogens (tertiary/aromatic N) is 1. The van der Waals surface area contributed by atoms with Gasteiger partial charge in [-0.25, -0.2) is 0 Å². The molecule has 2 rings (SSSR count). The first-order chi connectivity index (χ1) is 7.81. The number of hydrogen-bond acceptors (Lipinski definition) is 3. The number of hydrogen-bond donors (Lipinski definition) is 1. The molecule has 1 heterocycles. The van der Waals surface area contributed by atoms with E-state index < -0.39 is 0 Å². The third kappa shape index (κ3) is 2.71. The van der Waals surface area contributed by atoms with Gasteiger partial charge in [-0.05, 0) is 30.9 Å². The van der Waals surface area contributed by atoms with Crippen LogP contribution in [0.15, 0.2) is 18.2 Å². The number of anilines is 1. The molecule has 0 saturated carbocycles. The van der Waals surface area contributed by atoms with Crippen LogP contribution in [0.3, 0.4) is 0 Å². The smallest absolute Gasteiger partial charge is 0.0419 e. The largest absolute Gasteiger partial charge is 0.384 e. The predicted molar refractivity (Wildman–Crippen MR) is 73.4 cm³/mol. The number of para-hydroxylation sites is 1. The zero-order valence-electron chi connectivity index (χ0n) is 10.1. The van der Waals surface area contributed by atoms with E-state index in [0.29, 0.717) is 0 Å². The van der Waals surface area contributed by atoms with Crippen LogP contribution in [0, 0.1) is 0 Å². The van der Waals surface area contributed by atoms with Gasteiger partial charge in [-0.1, -0.05) is 18.2 Å². The molecule has 1 aliphatic heterocycles. The molecular weight excluding hydrogens is 216 g/mol. The second-order valence-electron chi connectivity index (χ2n) is 4.36. The van der Waals surface area contributed by atoms with Crippen molar-refractivity contribution >= 4 is 17.4 Å². The summed E-state index contributed by atoms with van der Waals surface area (Å²) in [6.07, 6.45) is 3.34. The third-order valence-corrected chi connectivity index (χ3v) is 3.64. The van der Waals surface area contributed by atoms with Crippen LogP contribution in [0.5, 0.6) is 0 Å². The van der Waals surface area contributed by atoms with Crippen LogP contribution in [0.4, 0.5) is 5.69 Å². The molecule has 3 heteroatoms. The van der Waals surface area contributed by atoms with Crippen molar-refractivity contribution in [1.29, 1.82) is 0 Å². The highest BCUT2D eigenvalue weighted by Crippen LogP contribution is 2.27. The number of fused-ring (bicyclic) bond motifs is 1. The van der Waals surface area contributed by atoms with Crippen molar-refractivity contribution < 1.29 is 0 Å². The summed E-state index contributed by atoms with van der Waals surface area (Å²) in [4.78, 5) is 2.39. The summed E-state index contributed by atoms with van der Waals surface area (Å²) in [5.74, 6) is 1.21. The lowest BCUT2D eigenvalue weighted by molar-refractivity contribution is 0.349. The maximum Gasteiger partial charge on any atom is 0.0419 e. The van der Waals surface area contributed by atoms with Crippen molar-refractivity contribution in [3.63, 3.8) is 0 Å². The topological polar surface area (TPSA) is 15.3 Å². The second kappa shape index (κ2) is 5.60. The molecule has 1 N–H and O–H groups in total. The van der Waals surface area contributed by atoms with Crippen LogP contribution in [0.25, 0.3) is 0 Å². The van der Waals surface area contributed by atoms with Crippen LogP contribution in [-0.4, -0.2) is 37.0 Å². The fraction of sp³-hybridized carbons (Fsp3) is 0.538. The van der Waals surface area contributed by atoms with Crippen molar-refractivity contribution in [2.45, 2.75) is 13.0 Å². The minimum atomic E-state index is 1.05. The van der Waals surface area contributed by atoms with E-state index in [9.17, 15) is 0 Å². The summed E-state index contributed by atoms with van der Waals surface area (Å²) >= 11 is 1.91. The highest BCUT2D eigenvalue weighted by atomic mass is 32.2. The lowest BCUT2D eigenvalue weighted by Gasteiger charge is -2.18. The van der Waals surface area contributed by atoms with E-state index in [-0.39, 0.29) is 0 Å². The molecule has 88 valence electrons. The Hall–Kier alpha value is -0.670. The third-order valence-electron chi connectivity index (χ3n) is 3.05. The van der Waals surface area contributed by atoms with Gasteiger partial charge in [0.1, 0.15) is 0 Å². The number of thioether (sulfide) groups is 1. The molecule has 1 aromatic carbocycles. The van der Waals surface area contributed by atoms with Crippen molar-refractivity contribution in [1.82, 2.24) is 4.90 Å². The van der Waals surface area contributed by atoms with Crippen molar-refractivity contribution in [3.05, 3.63) is 29.3 Å². The SMILES string of the molecule is CSCCN(C)Cc1cccc2c1NCC2. The number of nitrogens with one attached hydrogen (secondary N) is 1. The Labute approximate surface area is 102 Å². The summed E-state index contributed by atoms with van der Waals surface area (Å²) in [5.41, 5.74) is 4.31. The van der Waals surface area contributed by atoms with E-state index in [4.69, 9.17) is 0 Å². The lowest BCUT2D eigenvalue weighted by atomic mass is 10.1. The quantitative estimate of drug-likeness (QED) is 0.845. The number of rotatable bonds is 5. The standard InChI is InChI=1S/C13H20N2S/c1-15(8-9-16-2)10-12-5-3-4-11-6-7-14-13(11)12/h3-5,14H,6-10H2,1-2H3. The van der Waals surface area contributed by atoms with E-state index in [2.05, 4.69) is 41.7 Å². The molecule has 0 atom stereocenters. The minimum absolute atomic E-state index is 1.05. The first-order valence-corrected chi connectivity index (χ1v) is 7.23. The van der Waals surface area contributed by atoms with Crippen molar-refractivity contribution in [2.24, 2.45) is 0 Å². The molecule has 0 fully saturated rings. The van der Waals surface area contributed by atoms with Crippen LogP contribution < -0.4 is 5.32 Å². The molecule has 0 aliphatic carbocycles. The Morgan fingerprint density at radius 1 is 1.44 bits per heavy atom. The van der Waals surface area contributed by atoms with Gasteiger partial charge in [0.2, 0.25) is 0 Å². The zero-order chi connectivity index (χ0) is 11.4. The Balaban J connectivity index is 2.01. The van der Waals surface area contributed by atoms with Gasteiger partial charge in [0.15, 0.2) is 0 Å². The van der Waals surface area contributed by atoms with Gasteiger partial charge in [0, 0.05) is 31.1 Å². The molecule has 2 nitrogen and oxygen atoms in total. The van der Waals surface area contributed by atoms with Gasteiger partial charge in [-0.15, -0.1) is 0 Å². The van der Waals surface area contributed by atoms with Crippen LogP contribution in [0.1, 0.15) is 11.1 Å². The average molecular weight is 236 g/mol. The van der Waals surface area contributed by atoms with Gasteiger partial charge in [0.05, 0.1) is 0 Å². The van der Waals surface area contributed by atoms with Gasteiger partial charge in [-0.3, -0.25) is 0 Å².